The van der Waals surface area contributed by atoms with Gasteiger partial charge in [-0.25, -0.2) is 0 Å². The first-order valence-corrected chi connectivity index (χ1v) is 16.8. The molecule has 0 aromatic heterocycles. The zero-order valence-corrected chi connectivity index (χ0v) is 26.8. The van der Waals surface area contributed by atoms with Crippen molar-refractivity contribution >= 4 is 23.4 Å². The summed E-state index contributed by atoms with van der Waals surface area (Å²) in [4.78, 5) is 32.7. The Labute approximate surface area is 268 Å². The van der Waals surface area contributed by atoms with Gasteiger partial charge in [0.2, 0.25) is 5.91 Å². The molecule has 0 spiro atoms. The summed E-state index contributed by atoms with van der Waals surface area (Å²) in [5, 5.41) is 3.66. The van der Waals surface area contributed by atoms with Gasteiger partial charge in [0.1, 0.15) is 0 Å². The minimum Gasteiger partial charge on any atom is -0.351 e. The number of rotatable bonds is 11. The minimum absolute atomic E-state index is 0.0731. The first-order chi connectivity index (χ1) is 21.4. The Morgan fingerprint density at radius 1 is 0.932 bits per heavy atom. The Morgan fingerprint density at radius 2 is 1.64 bits per heavy atom. The van der Waals surface area contributed by atoms with Crippen LogP contribution in [-0.2, 0) is 11.2 Å². The maximum absolute atomic E-state index is 14.3. The van der Waals surface area contributed by atoms with E-state index in [0.717, 1.165) is 54.1 Å². The third-order valence-electron chi connectivity index (χ3n) is 9.45. The molecule has 44 heavy (non-hydrogen) atoms. The summed E-state index contributed by atoms with van der Waals surface area (Å²) in [5.74, 6) is 0.713. The maximum atomic E-state index is 14.3. The summed E-state index contributed by atoms with van der Waals surface area (Å²) in [6, 6.07) is 23.3. The average Bonchev–Trinajstić information content (AvgIpc) is 3.06. The summed E-state index contributed by atoms with van der Waals surface area (Å²) in [5.41, 5.74) is 9.99. The number of piperidine rings is 1. The Balaban J connectivity index is 1.45. The van der Waals surface area contributed by atoms with Gasteiger partial charge in [-0.3, -0.25) is 9.59 Å². The van der Waals surface area contributed by atoms with Crippen molar-refractivity contribution in [2.45, 2.75) is 70.4 Å². The van der Waals surface area contributed by atoms with Crippen LogP contribution in [0.15, 0.2) is 72.8 Å². The molecular weight excluding hydrogens is 568 g/mol. The molecule has 3 aromatic rings. The van der Waals surface area contributed by atoms with Crippen molar-refractivity contribution in [3.8, 4) is 11.1 Å². The molecule has 0 radical (unpaired) electrons. The minimum atomic E-state index is -0.299. The van der Waals surface area contributed by atoms with E-state index in [1.807, 2.05) is 72.8 Å². The number of hydrogen-bond acceptors (Lipinski definition) is 4. The van der Waals surface area contributed by atoms with Crippen molar-refractivity contribution in [2.24, 2.45) is 11.7 Å². The fourth-order valence-electron chi connectivity index (χ4n) is 7.17. The molecule has 1 aliphatic heterocycles. The van der Waals surface area contributed by atoms with Crippen LogP contribution in [0.1, 0.15) is 79.4 Å². The van der Waals surface area contributed by atoms with Gasteiger partial charge in [0, 0.05) is 43.8 Å². The van der Waals surface area contributed by atoms with Gasteiger partial charge in [0.25, 0.3) is 5.91 Å². The van der Waals surface area contributed by atoms with E-state index in [4.69, 9.17) is 17.3 Å². The summed E-state index contributed by atoms with van der Waals surface area (Å²) in [6.07, 6.45) is 8.91. The molecule has 2 aliphatic rings. The largest absolute Gasteiger partial charge is 0.351 e. The van der Waals surface area contributed by atoms with Crippen LogP contribution < -0.4 is 11.1 Å². The first-order valence-electron chi connectivity index (χ1n) is 16.4. The Morgan fingerprint density at radius 3 is 2.32 bits per heavy atom. The Bertz CT molecular complexity index is 1370. The lowest BCUT2D eigenvalue weighted by atomic mass is 9.87. The SMILES string of the molecule is CC(c1cccc(-c2ccccc2)c1C(=O)NCCN)N(C(=O)Cc1ccc(Cl)cc1)C1CCN(CC2CCCCC2)CC1. The smallest absolute Gasteiger partial charge is 0.252 e. The van der Waals surface area contributed by atoms with Crippen molar-refractivity contribution in [2.75, 3.05) is 32.7 Å². The molecule has 3 N–H and O–H groups in total. The lowest BCUT2D eigenvalue weighted by molar-refractivity contribution is -0.136. The normalized spacial score (nSPS) is 17.2. The number of likely N-dealkylation sites (tertiary alicyclic amines) is 1. The monoisotopic (exact) mass is 614 g/mol. The molecule has 7 heteroatoms. The van der Waals surface area contributed by atoms with Crippen molar-refractivity contribution in [3.05, 3.63) is 94.5 Å². The quantitative estimate of drug-likeness (QED) is 0.247. The van der Waals surface area contributed by atoms with E-state index in [-0.39, 0.29) is 30.3 Å². The number of amides is 2. The second-order valence-electron chi connectivity index (χ2n) is 12.5. The van der Waals surface area contributed by atoms with Crippen molar-refractivity contribution < 1.29 is 9.59 Å². The van der Waals surface area contributed by atoms with Gasteiger partial charge < -0.3 is 20.9 Å². The number of nitrogens with zero attached hydrogens (tertiary/aromatic N) is 2. The number of carbonyl (C=O) groups is 2. The number of carbonyl (C=O) groups excluding carboxylic acids is 2. The first kappa shape index (κ1) is 32.2. The van der Waals surface area contributed by atoms with E-state index < -0.39 is 0 Å². The zero-order chi connectivity index (χ0) is 30.9. The fourth-order valence-corrected chi connectivity index (χ4v) is 7.30. The van der Waals surface area contributed by atoms with Crippen LogP contribution in [0.2, 0.25) is 5.02 Å². The number of benzene rings is 3. The summed E-state index contributed by atoms with van der Waals surface area (Å²) >= 11 is 6.15. The van der Waals surface area contributed by atoms with E-state index in [1.165, 1.54) is 38.6 Å². The lowest BCUT2D eigenvalue weighted by Crippen LogP contribution is -2.49. The molecular formula is C37H47ClN4O2. The molecule has 234 valence electrons. The molecule has 3 aromatic carbocycles. The van der Waals surface area contributed by atoms with Crippen molar-refractivity contribution in [1.82, 2.24) is 15.1 Å². The number of nitrogens with two attached hydrogens (primary N) is 1. The summed E-state index contributed by atoms with van der Waals surface area (Å²) < 4.78 is 0. The molecule has 5 rings (SSSR count). The van der Waals surface area contributed by atoms with Crippen LogP contribution in [-0.4, -0.2) is 60.4 Å². The topological polar surface area (TPSA) is 78.7 Å². The van der Waals surface area contributed by atoms with Gasteiger partial charge in [0.15, 0.2) is 0 Å². The Kier molecular flexibility index (Phi) is 11.5. The standard InChI is InChI=1S/C37H47ClN4O2/c1-27(33-13-8-14-34(30-11-6-3-7-12-30)36(33)37(44)40-22-21-39)42(35(43)25-28-15-17-31(38)18-16-28)32-19-23-41(24-20-32)26-29-9-4-2-5-10-29/h3,6-8,11-18,27,29,32H,2,4-5,9-10,19-26,39H2,1H3,(H,40,44). The van der Waals surface area contributed by atoms with Gasteiger partial charge in [-0.2, -0.15) is 0 Å². The van der Waals surface area contributed by atoms with Crippen molar-refractivity contribution in [3.63, 3.8) is 0 Å². The molecule has 1 atom stereocenters. The van der Waals surface area contributed by atoms with Crippen LogP contribution in [0, 0.1) is 5.92 Å². The van der Waals surface area contributed by atoms with Gasteiger partial charge in [-0.15, -0.1) is 0 Å². The molecule has 0 bridgehead atoms. The number of halogens is 1. The summed E-state index contributed by atoms with van der Waals surface area (Å²) in [7, 11) is 0. The van der Waals surface area contributed by atoms with E-state index in [2.05, 4.69) is 22.0 Å². The predicted octanol–water partition coefficient (Wildman–Crippen LogP) is 6.87. The highest BCUT2D eigenvalue weighted by Crippen LogP contribution is 2.35. The van der Waals surface area contributed by atoms with Crippen LogP contribution in [0.25, 0.3) is 11.1 Å². The third kappa shape index (κ3) is 8.09. The maximum Gasteiger partial charge on any atom is 0.252 e. The van der Waals surface area contributed by atoms with Crippen LogP contribution in [0.4, 0.5) is 0 Å². The molecule has 1 heterocycles. The molecule has 2 fully saturated rings. The van der Waals surface area contributed by atoms with E-state index in [0.29, 0.717) is 23.7 Å². The zero-order valence-electron chi connectivity index (χ0n) is 26.0. The predicted molar refractivity (Wildman–Crippen MR) is 180 cm³/mol. The van der Waals surface area contributed by atoms with Gasteiger partial charge in [-0.05, 0) is 72.9 Å². The highest BCUT2D eigenvalue weighted by Gasteiger charge is 2.34. The highest BCUT2D eigenvalue weighted by atomic mass is 35.5. The van der Waals surface area contributed by atoms with E-state index in [9.17, 15) is 9.59 Å². The van der Waals surface area contributed by atoms with E-state index in [1.54, 1.807) is 0 Å². The van der Waals surface area contributed by atoms with Gasteiger partial charge >= 0.3 is 0 Å². The molecule has 1 unspecified atom stereocenters. The van der Waals surface area contributed by atoms with Crippen molar-refractivity contribution in [1.29, 1.82) is 0 Å². The summed E-state index contributed by atoms with van der Waals surface area (Å²) in [6.45, 7) is 5.98. The average molecular weight is 615 g/mol. The van der Waals surface area contributed by atoms with E-state index >= 15 is 0 Å². The second-order valence-corrected chi connectivity index (χ2v) is 12.9. The number of nitrogens with one attached hydrogen (secondary N) is 1. The van der Waals surface area contributed by atoms with Crippen LogP contribution >= 0.6 is 11.6 Å². The third-order valence-corrected chi connectivity index (χ3v) is 9.71. The van der Waals surface area contributed by atoms with Gasteiger partial charge in [0.05, 0.1) is 18.0 Å². The lowest BCUT2D eigenvalue weighted by Gasteiger charge is -2.43. The number of hydrogen-bond donors (Lipinski definition) is 2. The second kappa shape index (κ2) is 15.7. The highest BCUT2D eigenvalue weighted by molar-refractivity contribution is 6.30. The fraction of sp³-hybridized carbons (Fsp3) is 0.459. The molecule has 1 aliphatic carbocycles. The Hall–Kier alpha value is -3.19. The molecule has 2 amide bonds. The molecule has 1 saturated heterocycles. The molecule has 6 nitrogen and oxygen atoms in total. The van der Waals surface area contributed by atoms with Crippen LogP contribution in [0.3, 0.4) is 0 Å². The molecule has 1 saturated carbocycles. The van der Waals surface area contributed by atoms with Crippen LogP contribution in [0.5, 0.6) is 0 Å². The van der Waals surface area contributed by atoms with Gasteiger partial charge in [-0.1, -0.05) is 91.5 Å².